The van der Waals surface area contributed by atoms with Gasteiger partial charge in [-0.3, -0.25) is 0 Å². The van der Waals surface area contributed by atoms with Crippen LogP contribution >= 0.6 is 0 Å². The molecule has 0 spiro atoms. The average Bonchev–Trinajstić information content (AvgIpc) is 2.51. The minimum absolute atomic E-state index is 0.0260. The number of rotatable bonds is 11. The first-order valence-corrected chi connectivity index (χ1v) is 9.93. The van der Waals surface area contributed by atoms with Crippen LogP contribution in [0.1, 0.15) is 63.2 Å². The number of sulfonamides is 1. The summed E-state index contributed by atoms with van der Waals surface area (Å²) in [6.07, 6.45) is 4.66. The zero-order chi connectivity index (χ0) is 18.2. The molecule has 1 atom stereocenters. The Kier molecular flexibility index (Phi) is 8.21. The first-order valence-electron chi connectivity index (χ1n) is 8.45. The minimum Gasteiger partial charge on any atom is -0.478 e. The monoisotopic (exact) mass is 356 g/mol. The SMILES string of the molecule is CCCCCNc1ccc(S(=O)(=O)NC(C)CCC)cc1C(=O)O. The predicted octanol–water partition coefficient (Wildman–Crippen LogP) is 3.45. The highest BCUT2D eigenvalue weighted by molar-refractivity contribution is 7.89. The van der Waals surface area contributed by atoms with Crippen molar-refractivity contribution < 1.29 is 18.3 Å². The summed E-state index contributed by atoms with van der Waals surface area (Å²) in [5.41, 5.74) is 0.414. The molecule has 136 valence electrons. The molecule has 0 bridgehead atoms. The summed E-state index contributed by atoms with van der Waals surface area (Å²) in [5, 5.41) is 12.4. The third-order valence-electron chi connectivity index (χ3n) is 3.71. The van der Waals surface area contributed by atoms with Gasteiger partial charge in [0, 0.05) is 18.3 Å². The highest BCUT2D eigenvalue weighted by Crippen LogP contribution is 2.21. The lowest BCUT2D eigenvalue weighted by atomic mass is 10.1. The van der Waals surface area contributed by atoms with Gasteiger partial charge in [-0.05, 0) is 38.0 Å². The van der Waals surface area contributed by atoms with Crippen LogP contribution in [0, 0.1) is 0 Å². The van der Waals surface area contributed by atoms with Gasteiger partial charge >= 0.3 is 5.97 Å². The van der Waals surface area contributed by atoms with Crippen molar-refractivity contribution in [1.82, 2.24) is 4.72 Å². The van der Waals surface area contributed by atoms with E-state index in [1.165, 1.54) is 18.2 Å². The second-order valence-corrected chi connectivity index (χ2v) is 7.67. The summed E-state index contributed by atoms with van der Waals surface area (Å²) in [4.78, 5) is 11.4. The van der Waals surface area contributed by atoms with E-state index in [9.17, 15) is 18.3 Å². The zero-order valence-corrected chi connectivity index (χ0v) is 15.4. The quantitative estimate of drug-likeness (QED) is 0.528. The highest BCUT2D eigenvalue weighted by Gasteiger charge is 2.20. The lowest BCUT2D eigenvalue weighted by molar-refractivity contribution is 0.0697. The van der Waals surface area contributed by atoms with Crippen molar-refractivity contribution >= 4 is 21.7 Å². The van der Waals surface area contributed by atoms with E-state index in [2.05, 4.69) is 17.0 Å². The predicted molar refractivity (Wildman–Crippen MR) is 96.1 cm³/mol. The van der Waals surface area contributed by atoms with Crippen LogP contribution in [0.3, 0.4) is 0 Å². The fraction of sp³-hybridized carbons (Fsp3) is 0.588. The lowest BCUT2D eigenvalue weighted by Gasteiger charge is -2.15. The van der Waals surface area contributed by atoms with Gasteiger partial charge in [0.05, 0.1) is 10.5 Å². The van der Waals surface area contributed by atoms with Gasteiger partial charge in [0.25, 0.3) is 0 Å². The number of carboxylic acid groups (broad SMARTS) is 1. The second-order valence-electron chi connectivity index (χ2n) is 5.96. The van der Waals surface area contributed by atoms with Gasteiger partial charge in [0.2, 0.25) is 10.0 Å². The molecular weight excluding hydrogens is 328 g/mol. The molecule has 3 N–H and O–H groups in total. The maximum absolute atomic E-state index is 12.4. The molecule has 0 aliphatic carbocycles. The van der Waals surface area contributed by atoms with Crippen LogP contribution in [0.2, 0.25) is 0 Å². The summed E-state index contributed by atoms with van der Waals surface area (Å²) in [6, 6.07) is 3.98. The molecular formula is C17H28N2O4S. The topological polar surface area (TPSA) is 95.5 Å². The second kappa shape index (κ2) is 9.64. The summed E-state index contributed by atoms with van der Waals surface area (Å²) in [6.45, 7) is 6.52. The van der Waals surface area contributed by atoms with Crippen LogP contribution in [-0.2, 0) is 10.0 Å². The summed E-state index contributed by atoms with van der Waals surface area (Å²) in [5.74, 6) is -1.15. The number of hydrogen-bond acceptors (Lipinski definition) is 4. The summed E-state index contributed by atoms with van der Waals surface area (Å²) < 4.78 is 27.3. The van der Waals surface area contributed by atoms with Crippen LogP contribution in [0.4, 0.5) is 5.69 Å². The number of aromatic carboxylic acids is 1. The first-order chi connectivity index (χ1) is 11.3. The van der Waals surface area contributed by atoms with Crippen molar-refractivity contribution in [2.45, 2.75) is 63.8 Å². The van der Waals surface area contributed by atoms with Gasteiger partial charge in [0.1, 0.15) is 0 Å². The van der Waals surface area contributed by atoms with Crippen molar-refractivity contribution in [1.29, 1.82) is 0 Å². The van der Waals surface area contributed by atoms with Crippen molar-refractivity contribution in [3.8, 4) is 0 Å². The molecule has 0 aliphatic rings. The Morgan fingerprint density at radius 2 is 1.92 bits per heavy atom. The summed E-state index contributed by atoms with van der Waals surface area (Å²) in [7, 11) is -3.72. The van der Waals surface area contributed by atoms with E-state index in [-0.39, 0.29) is 16.5 Å². The molecule has 0 amide bonds. The maximum atomic E-state index is 12.4. The smallest absolute Gasteiger partial charge is 0.337 e. The van der Waals surface area contributed by atoms with Gasteiger partial charge in [0.15, 0.2) is 0 Å². The van der Waals surface area contributed by atoms with E-state index in [4.69, 9.17) is 0 Å². The number of unbranched alkanes of at least 4 members (excludes halogenated alkanes) is 2. The molecule has 0 aliphatic heterocycles. The Balaban J connectivity index is 2.98. The lowest BCUT2D eigenvalue weighted by Crippen LogP contribution is -2.32. The number of nitrogens with one attached hydrogen (secondary N) is 2. The van der Waals surface area contributed by atoms with Gasteiger partial charge in [-0.1, -0.05) is 33.1 Å². The molecule has 7 heteroatoms. The van der Waals surface area contributed by atoms with Crippen LogP contribution in [0.15, 0.2) is 23.1 Å². The zero-order valence-electron chi connectivity index (χ0n) is 14.6. The minimum atomic E-state index is -3.72. The van der Waals surface area contributed by atoms with E-state index in [1.54, 1.807) is 6.92 Å². The standard InChI is InChI=1S/C17H28N2O4S/c1-4-6-7-11-18-16-10-9-14(12-15(16)17(20)21)24(22,23)19-13(3)8-5-2/h9-10,12-13,18-19H,4-8,11H2,1-3H3,(H,20,21). The molecule has 0 saturated heterocycles. The molecule has 1 rings (SSSR count). The van der Waals surface area contributed by atoms with Crippen molar-refractivity contribution in [2.24, 2.45) is 0 Å². The number of benzene rings is 1. The van der Waals surface area contributed by atoms with Gasteiger partial charge in [-0.2, -0.15) is 0 Å². The molecule has 0 heterocycles. The molecule has 0 aromatic heterocycles. The fourth-order valence-electron chi connectivity index (χ4n) is 2.44. The fourth-order valence-corrected chi connectivity index (χ4v) is 3.75. The number of hydrogen-bond donors (Lipinski definition) is 3. The van der Waals surface area contributed by atoms with E-state index in [0.717, 1.165) is 32.1 Å². The summed E-state index contributed by atoms with van der Waals surface area (Å²) >= 11 is 0. The highest BCUT2D eigenvalue weighted by atomic mass is 32.2. The van der Waals surface area contributed by atoms with Crippen molar-refractivity contribution in [3.05, 3.63) is 23.8 Å². The van der Waals surface area contributed by atoms with Crippen molar-refractivity contribution in [2.75, 3.05) is 11.9 Å². The van der Waals surface area contributed by atoms with E-state index in [1.807, 2.05) is 6.92 Å². The number of carboxylic acids is 1. The Hall–Kier alpha value is -1.60. The molecule has 1 aromatic rings. The van der Waals surface area contributed by atoms with E-state index >= 15 is 0 Å². The molecule has 1 unspecified atom stereocenters. The van der Waals surface area contributed by atoms with Gasteiger partial charge in [-0.25, -0.2) is 17.9 Å². The van der Waals surface area contributed by atoms with Gasteiger partial charge in [-0.15, -0.1) is 0 Å². The molecule has 6 nitrogen and oxygen atoms in total. The normalized spacial score (nSPS) is 12.8. The van der Waals surface area contributed by atoms with Crippen LogP contribution < -0.4 is 10.0 Å². The Morgan fingerprint density at radius 1 is 1.21 bits per heavy atom. The Bertz CT molecular complexity index is 644. The molecule has 0 fully saturated rings. The average molecular weight is 356 g/mol. The number of anilines is 1. The molecule has 0 radical (unpaired) electrons. The van der Waals surface area contributed by atoms with E-state index in [0.29, 0.717) is 12.2 Å². The first kappa shape index (κ1) is 20.4. The third kappa shape index (κ3) is 6.13. The number of carbonyl (C=O) groups is 1. The maximum Gasteiger partial charge on any atom is 0.337 e. The van der Waals surface area contributed by atoms with Crippen LogP contribution in [0.5, 0.6) is 0 Å². The largest absolute Gasteiger partial charge is 0.478 e. The Morgan fingerprint density at radius 3 is 2.50 bits per heavy atom. The third-order valence-corrected chi connectivity index (χ3v) is 5.29. The van der Waals surface area contributed by atoms with Gasteiger partial charge < -0.3 is 10.4 Å². The Labute approximate surface area is 144 Å². The van der Waals surface area contributed by atoms with E-state index < -0.39 is 16.0 Å². The molecule has 24 heavy (non-hydrogen) atoms. The molecule has 0 saturated carbocycles. The van der Waals surface area contributed by atoms with Crippen LogP contribution in [0.25, 0.3) is 0 Å². The van der Waals surface area contributed by atoms with Crippen molar-refractivity contribution in [3.63, 3.8) is 0 Å². The molecule has 1 aromatic carbocycles. The van der Waals surface area contributed by atoms with Crippen LogP contribution in [-0.4, -0.2) is 32.1 Å².